The fraction of sp³-hybridized carbons (Fsp3) is 0.125. The highest BCUT2D eigenvalue weighted by molar-refractivity contribution is 7.12. The van der Waals surface area contributed by atoms with E-state index >= 15 is 0 Å². The topological polar surface area (TPSA) is 114 Å². The van der Waals surface area contributed by atoms with E-state index in [4.69, 9.17) is 16.3 Å². The number of nitrogens with one attached hydrogen (secondary N) is 3. The zero-order valence-corrected chi connectivity index (χ0v) is 14.9. The molecular weight excluding hydrogens is 382 g/mol. The first-order valence-electron chi connectivity index (χ1n) is 7.28. The van der Waals surface area contributed by atoms with Crippen molar-refractivity contribution in [2.45, 2.75) is 0 Å². The molecule has 1 heterocycles. The monoisotopic (exact) mass is 395 g/mol. The molecule has 0 saturated heterocycles. The minimum absolute atomic E-state index is 0.294. The van der Waals surface area contributed by atoms with E-state index in [-0.39, 0.29) is 6.54 Å². The van der Waals surface area contributed by atoms with E-state index in [2.05, 4.69) is 16.2 Å². The van der Waals surface area contributed by atoms with Crippen LogP contribution in [0.2, 0.25) is 5.02 Å². The number of thiophene rings is 1. The van der Waals surface area contributed by atoms with Crippen LogP contribution in [-0.4, -0.2) is 36.8 Å². The molecule has 0 aliphatic carbocycles. The maximum Gasteiger partial charge on any atom is 0.325 e. The average molecular weight is 396 g/mol. The molecule has 3 amide bonds. The van der Waals surface area contributed by atoms with Crippen LogP contribution in [0.15, 0.2) is 41.8 Å². The Balaban J connectivity index is 1.64. The molecule has 0 aliphatic heterocycles. The van der Waals surface area contributed by atoms with Crippen LogP contribution in [0.4, 0.5) is 0 Å². The summed E-state index contributed by atoms with van der Waals surface area (Å²) in [6.45, 7) is -0.976. The highest BCUT2D eigenvalue weighted by Crippen LogP contribution is 2.09. The molecule has 1 aromatic heterocycles. The summed E-state index contributed by atoms with van der Waals surface area (Å²) < 4.78 is 4.69. The van der Waals surface area contributed by atoms with Crippen molar-refractivity contribution >= 4 is 46.6 Å². The predicted molar refractivity (Wildman–Crippen MR) is 94.7 cm³/mol. The lowest BCUT2D eigenvalue weighted by Gasteiger charge is -2.08. The number of carbonyl (C=O) groups is 4. The Morgan fingerprint density at radius 2 is 1.73 bits per heavy atom. The van der Waals surface area contributed by atoms with E-state index in [1.165, 1.54) is 35.6 Å². The smallest absolute Gasteiger partial charge is 0.325 e. The van der Waals surface area contributed by atoms with Gasteiger partial charge in [0.25, 0.3) is 17.7 Å². The zero-order valence-electron chi connectivity index (χ0n) is 13.3. The number of hydrazine groups is 1. The van der Waals surface area contributed by atoms with E-state index in [1.807, 2.05) is 0 Å². The van der Waals surface area contributed by atoms with Crippen molar-refractivity contribution in [1.82, 2.24) is 16.2 Å². The summed E-state index contributed by atoms with van der Waals surface area (Å²) in [5.41, 5.74) is 4.57. The van der Waals surface area contributed by atoms with Gasteiger partial charge in [-0.05, 0) is 35.7 Å². The van der Waals surface area contributed by atoms with Gasteiger partial charge in [-0.15, -0.1) is 11.3 Å². The van der Waals surface area contributed by atoms with Crippen LogP contribution >= 0.6 is 22.9 Å². The quantitative estimate of drug-likeness (QED) is 0.501. The number of benzene rings is 1. The maximum absolute atomic E-state index is 11.8. The molecule has 26 heavy (non-hydrogen) atoms. The average Bonchev–Trinajstić information content (AvgIpc) is 3.17. The summed E-state index contributed by atoms with van der Waals surface area (Å²) in [5, 5.41) is 4.58. The normalized spacial score (nSPS) is 9.88. The zero-order chi connectivity index (χ0) is 18.9. The van der Waals surface area contributed by atoms with Crippen molar-refractivity contribution in [1.29, 1.82) is 0 Å². The first-order valence-corrected chi connectivity index (χ1v) is 8.53. The van der Waals surface area contributed by atoms with Crippen molar-refractivity contribution in [3.8, 4) is 0 Å². The lowest BCUT2D eigenvalue weighted by atomic mass is 10.2. The van der Waals surface area contributed by atoms with E-state index in [1.54, 1.807) is 17.5 Å². The van der Waals surface area contributed by atoms with Gasteiger partial charge in [-0.1, -0.05) is 17.7 Å². The third-order valence-corrected chi connectivity index (χ3v) is 4.04. The molecule has 0 spiro atoms. The van der Waals surface area contributed by atoms with E-state index in [0.717, 1.165) is 0 Å². The van der Waals surface area contributed by atoms with Gasteiger partial charge in [-0.2, -0.15) is 0 Å². The first kappa shape index (κ1) is 19.4. The van der Waals surface area contributed by atoms with Crippen molar-refractivity contribution in [3.63, 3.8) is 0 Å². The number of hydrogen-bond donors (Lipinski definition) is 3. The van der Waals surface area contributed by atoms with Gasteiger partial charge < -0.3 is 10.1 Å². The van der Waals surface area contributed by atoms with Crippen LogP contribution in [-0.2, 0) is 14.3 Å². The molecule has 0 fully saturated rings. The highest BCUT2D eigenvalue weighted by Gasteiger charge is 2.12. The minimum atomic E-state index is -0.783. The minimum Gasteiger partial charge on any atom is -0.454 e. The van der Waals surface area contributed by atoms with Crippen LogP contribution < -0.4 is 16.2 Å². The van der Waals surface area contributed by atoms with Gasteiger partial charge >= 0.3 is 5.97 Å². The Kier molecular flexibility index (Phi) is 7.12. The van der Waals surface area contributed by atoms with Gasteiger partial charge in [0.1, 0.15) is 6.54 Å². The molecule has 2 aromatic rings. The van der Waals surface area contributed by atoms with Crippen molar-refractivity contribution in [2.75, 3.05) is 13.2 Å². The number of ether oxygens (including phenoxy) is 1. The molecule has 2 rings (SSSR count). The number of esters is 1. The molecule has 8 nitrogen and oxygen atoms in total. The molecule has 0 aliphatic rings. The lowest BCUT2D eigenvalue weighted by molar-refractivity contribution is -0.147. The standard InChI is InChI=1S/C16H14ClN3O5S/c17-11-5-3-10(4-6-11)15(23)20-19-13(21)9-25-14(22)8-18-16(24)12-2-1-7-26-12/h1-7H,8-9H2,(H,18,24)(H,19,21)(H,20,23). The molecule has 10 heteroatoms. The molecule has 0 bridgehead atoms. The van der Waals surface area contributed by atoms with Gasteiger partial charge in [0.2, 0.25) is 0 Å². The highest BCUT2D eigenvalue weighted by atomic mass is 35.5. The molecule has 0 atom stereocenters. The Morgan fingerprint density at radius 1 is 1.00 bits per heavy atom. The predicted octanol–water partition coefficient (Wildman–Crippen LogP) is 1.14. The van der Waals surface area contributed by atoms with Crippen LogP contribution in [0.5, 0.6) is 0 Å². The van der Waals surface area contributed by atoms with Crippen LogP contribution in [0, 0.1) is 0 Å². The van der Waals surface area contributed by atoms with E-state index in [9.17, 15) is 19.2 Å². The Labute approximate surface area is 157 Å². The number of carbonyl (C=O) groups excluding carboxylic acids is 4. The SMILES string of the molecule is O=C(COC(=O)CNC(=O)c1cccs1)NNC(=O)c1ccc(Cl)cc1. The fourth-order valence-electron chi connectivity index (χ4n) is 1.68. The summed E-state index contributed by atoms with van der Waals surface area (Å²) in [6, 6.07) is 9.36. The number of rotatable bonds is 6. The summed E-state index contributed by atoms with van der Waals surface area (Å²) in [6.07, 6.45) is 0. The fourth-order valence-corrected chi connectivity index (χ4v) is 2.45. The maximum atomic E-state index is 11.8. The molecule has 0 unspecified atom stereocenters. The third-order valence-electron chi connectivity index (χ3n) is 2.92. The van der Waals surface area contributed by atoms with E-state index in [0.29, 0.717) is 15.5 Å². The third kappa shape index (κ3) is 6.19. The number of amides is 3. The molecule has 1 aromatic carbocycles. The van der Waals surface area contributed by atoms with Crippen molar-refractivity contribution in [2.24, 2.45) is 0 Å². The Hall–Kier alpha value is -2.91. The van der Waals surface area contributed by atoms with Gasteiger partial charge in [0, 0.05) is 10.6 Å². The van der Waals surface area contributed by atoms with Crippen LogP contribution in [0.1, 0.15) is 20.0 Å². The summed E-state index contributed by atoms with van der Waals surface area (Å²) in [4.78, 5) is 46.9. The Bertz CT molecular complexity index is 793. The van der Waals surface area contributed by atoms with Gasteiger partial charge in [-0.3, -0.25) is 30.0 Å². The molecular formula is C16H14ClN3O5S. The molecule has 3 N–H and O–H groups in total. The second kappa shape index (κ2) is 9.54. The van der Waals surface area contributed by atoms with Crippen LogP contribution in [0.3, 0.4) is 0 Å². The second-order valence-corrected chi connectivity index (χ2v) is 6.21. The molecule has 0 radical (unpaired) electrons. The molecule has 0 saturated carbocycles. The first-order chi connectivity index (χ1) is 12.5. The van der Waals surface area contributed by atoms with Gasteiger partial charge in [0.05, 0.1) is 4.88 Å². The Morgan fingerprint density at radius 3 is 2.38 bits per heavy atom. The lowest BCUT2D eigenvalue weighted by Crippen LogP contribution is -2.44. The summed E-state index contributed by atoms with van der Waals surface area (Å²) in [5.74, 6) is -2.47. The van der Waals surface area contributed by atoms with Crippen LogP contribution in [0.25, 0.3) is 0 Å². The van der Waals surface area contributed by atoms with E-state index < -0.39 is 30.3 Å². The summed E-state index contributed by atoms with van der Waals surface area (Å²) >= 11 is 6.95. The van der Waals surface area contributed by atoms with Gasteiger partial charge in [0.15, 0.2) is 6.61 Å². The van der Waals surface area contributed by atoms with Crippen molar-refractivity contribution in [3.05, 3.63) is 57.2 Å². The second-order valence-electron chi connectivity index (χ2n) is 4.83. The number of hydrogen-bond acceptors (Lipinski definition) is 6. The van der Waals surface area contributed by atoms with Gasteiger partial charge in [-0.25, -0.2) is 0 Å². The number of halogens is 1. The summed E-state index contributed by atoms with van der Waals surface area (Å²) in [7, 11) is 0. The molecule has 136 valence electrons. The largest absolute Gasteiger partial charge is 0.454 e. The van der Waals surface area contributed by atoms with Crippen molar-refractivity contribution < 1.29 is 23.9 Å².